The van der Waals surface area contributed by atoms with Crippen molar-refractivity contribution < 1.29 is 37.7 Å². The largest absolute Gasteiger partial charge is 0.473 e. The van der Waals surface area contributed by atoms with Gasteiger partial charge < -0.3 is 37.7 Å². The van der Waals surface area contributed by atoms with Gasteiger partial charge in [0.15, 0.2) is 0 Å². The van der Waals surface area contributed by atoms with Crippen LogP contribution in [0.25, 0.3) is 22.1 Å². The number of hydrogen-bond acceptors (Lipinski definition) is 13. The van der Waals surface area contributed by atoms with Crippen molar-refractivity contribution in [1.82, 2.24) is 29.0 Å². The van der Waals surface area contributed by atoms with Crippen LogP contribution in [-0.2, 0) is 51.1 Å². The van der Waals surface area contributed by atoms with E-state index < -0.39 is 5.82 Å². The SMILES string of the molecule is COC(=O)c1ccc2nc(CCl)n(C[C@@H]3CCO3)c2c1.COC(=O)c1ccc2nc(CN3CCN(c4cccc(OCc5ccc(C#N)cc5F)n4)[C@H]4CC[C@H]43)n(C[C@@H]3CCO3)c2c1. The smallest absolute Gasteiger partial charge is 0.337 e. The Balaban J connectivity index is 0.000000216. The number of nitrogens with zero attached hydrogens (tertiary/aromatic N) is 8. The van der Waals surface area contributed by atoms with Crippen LogP contribution >= 0.6 is 11.6 Å². The monoisotopic (exact) mass is 890 g/mol. The van der Waals surface area contributed by atoms with Crippen molar-refractivity contribution in [2.75, 3.05) is 45.4 Å². The van der Waals surface area contributed by atoms with Crippen LogP contribution in [0, 0.1) is 17.1 Å². The number of nitriles is 1. The third-order valence-corrected chi connectivity index (χ3v) is 12.8. The summed E-state index contributed by atoms with van der Waals surface area (Å²) in [7, 11) is 2.76. The van der Waals surface area contributed by atoms with Crippen molar-refractivity contribution in [1.29, 1.82) is 5.26 Å². The molecule has 0 unspecified atom stereocenters. The Labute approximate surface area is 374 Å². The molecule has 1 aliphatic carbocycles. The number of alkyl halides is 1. The first-order valence-electron chi connectivity index (χ1n) is 21.5. The van der Waals surface area contributed by atoms with Crippen molar-refractivity contribution in [2.24, 2.45) is 0 Å². The number of imidazole rings is 2. The maximum atomic E-state index is 14.3. The number of esters is 2. The van der Waals surface area contributed by atoms with Crippen molar-refractivity contribution >= 4 is 51.4 Å². The highest BCUT2D eigenvalue weighted by molar-refractivity contribution is 6.16. The first-order valence-corrected chi connectivity index (χ1v) is 22.0. The molecule has 0 radical (unpaired) electrons. The summed E-state index contributed by atoms with van der Waals surface area (Å²) in [6.07, 6.45) is 4.56. The number of halogens is 2. The molecule has 4 aliphatic rings. The number of carbonyl (C=O) groups excluding carboxylic acids is 2. The van der Waals surface area contributed by atoms with Crippen LogP contribution < -0.4 is 9.64 Å². The van der Waals surface area contributed by atoms with Crippen molar-refractivity contribution in [3.05, 3.63) is 113 Å². The predicted molar refractivity (Wildman–Crippen MR) is 235 cm³/mol. The number of benzene rings is 3. The van der Waals surface area contributed by atoms with Gasteiger partial charge in [0.05, 0.1) is 96.8 Å². The van der Waals surface area contributed by atoms with Crippen LogP contribution in [0.15, 0.2) is 72.8 Å². The third-order valence-electron chi connectivity index (χ3n) is 12.6. The lowest BCUT2D eigenvalue weighted by Gasteiger charge is -2.54. The number of anilines is 1. The quantitative estimate of drug-likeness (QED) is 0.0882. The van der Waals surface area contributed by atoms with Gasteiger partial charge in [0.1, 0.15) is 29.9 Å². The van der Waals surface area contributed by atoms with E-state index in [0.29, 0.717) is 60.2 Å². The summed E-state index contributed by atoms with van der Waals surface area (Å²) in [5, 5.41) is 8.98. The number of piperazine rings is 1. The topological polar surface area (TPSA) is 159 Å². The Hall–Kier alpha value is -6.12. The molecule has 4 fully saturated rings. The summed E-state index contributed by atoms with van der Waals surface area (Å²) in [6, 6.07) is 23.5. The van der Waals surface area contributed by atoms with E-state index in [2.05, 4.69) is 19.4 Å². The number of ether oxygens (including phenoxy) is 5. The van der Waals surface area contributed by atoms with Gasteiger partial charge in [0.25, 0.3) is 0 Å². The van der Waals surface area contributed by atoms with Gasteiger partial charge in [0, 0.05) is 50.0 Å². The second-order valence-electron chi connectivity index (χ2n) is 16.3. The minimum absolute atomic E-state index is 0.0296. The van der Waals surface area contributed by atoms with Crippen molar-refractivity contribution in [3.63, 3.8) is 0 Å². The third kappa shape index (κ3) is 8.85. The van der Waals surface area contributed by atoms with Crippen LogP contribution in [0.1, 0.15) is 69.2 Å². The number of carbonyl (C=O) groups is 2. The van der Waals surface area contributed by atoms with Crippen LogP contribution in [0.2, 0.25) is 0 Å². The fourth-order valence-electron chi connectivity index (χ4n) is 8.74. The van der Waals surface area contributed by atoms with Crippen LogP contribution in [0.3, 0.4) is 0 Å². The predicted octanol–water partition coefficient (Wildman–Crippen LogP) is 6.80. The molecule has 0 amide bonds. The lowest BCUT2D eigenvalue weighted by molar-refractivity contribution is -0.0594. The summed E-state index contributed by atoms with van der Waals surface area (Å²) >= 11 is 5.96. The highest BCUT2D eigenvalue weighted by Gasteiger charge is 2.44. The molecule has 0 spiro atoms. The number of rotatable bonds is 13. The average molecular weight is 891 g/mol. The van der Waals surface area contributed by atoms with Gasteiger partial charge in [0.2, 0.25) is 5.88 Å². The zero-order valence-electron chi connectivity index (χ0n) is 35.6. The molecule has 332 valence electrons. The number of aromatic nitrogens is 5. The van der Waals surface area contributed by atoms with Crippen molar-refractivity contribution in [2.45, 2.75) is 82.1 Å². The van der Waals surface area contributed by atoms with Gasteiger partial charge in [-0.25, -0.2) is 23.9 Å². The molecular formula is C47H48ClFN8O7. The molecule has 3 saturated heterocycles. The van der Waals surface area contributed by atoms with E-state index in [9.17, 15) is 14.0 Å². The standard InChI is InChI=1S/C33H33FN6O4.C14H15ClN2O3/c1-42-33(41)22-7-8-26-29(16-22)40(18-24-11-14-43-24)31(36-26)19-38-12-13-39(28-10-9-27(28)38)30-3-2-4-32(37-30)44-20-23-6-5-21(17-35)15-25(23)34;1-19-14(18)9-2-3-11-12(6-9)17(13(7-15)16-11)8-10-4-5-20-10/h2-8,15-16,24,27-28H,9-14,18-20H2,1H3;2-3,6,10H,4-5,7-8H2,1H3/t24-,27+,28-;10-/m00/s1. The summed E-state index contributed by atoms with van der Waals surface area (Å²) < 4.78 is 45.4. The number of pyridine rings is 1. The Morgan fingerprint density at radius 1 is 0.797 bits per heavy atom. The van der Waals surface area contributed by atoms with E-state index in [1.807, 2.05) is 41.0 Å². The van der Waals surface area contributed by atoms with Gasteiger partial charge in [-0.3, -0.25) is 4.90 Å². The Bertz CT molecular complexity index is 2730. The molecule has 64 heavy (non-hydrogen) atoms. The second kappa shape index (κ2) is 18.9. The molecule has 6 heterocycles. The summed E-state index contributed by atoms with van der Waals surface area (Å²) in [4.78, 5) is 43.0. The molecule has 10 rings (SSSR count). The van der Waals surface area contributed by atoms with E-state index in [-0.39, 0.29) is 36.3 Å². The highest BCUT2D eigenvalue weighted by atomic mass is 35.5. The molecule has 3 aromatic carbocycles. The minimum atomic E-state index is -0.466. The highest BCUT2D eigenvalue weighted by Crippen LogP contribution is 2.37. The van der Waals surface area contributed by atoms with Gasteiger partial charge in [-0.2, -0.15) is 10.2 Å². The molecule has 0 N–H and O–H groups in total. The maximum Gasteiger partial charge on any atom is 0.337 e. The van der Waals surface area contributed by atoms with Crippen LogP contribution in [0.4, 0.5) is 10.2 Å². The zero-order valence-corrected chi connectivity index (χ0v) is 36.4. The normalized spacial score (nSPS) is 20.2. The van der Waals surface area contributed by atoms with E-state index >= 15 is 0 Å². The Morgan fingerprint density at radius 2 is 1.42 bits per heavy atom. The Kier molecular flexibility index (Phi) is 12.8. The maximum absolute atomic E-state index is 14.3. The average Bonchev–Trinajstić information content (AvgIpc) is 3.81. The molecule has 0 bridgehead atoms. The van der Waals surface area contributed by atoms with Gasteiger partial charge in [-0.1, -0.05) is 12.1 Å². The van der Waals surface area contributed by atoms with E-state index in [0.717, 1.165) is 91.5 Å². The molecule has 1 saturated carbocycles. The molecule has 17 heteroatoms. The molecule has 4 atom stereocenters. The van der Waals surface area contributed by atoms with Gasteiger partial charge in [-0.05, 0) is 80.3 Å². The lowest BCUT2D eigenvalue weighted by Crippen LogP contribution is -2.64. The van der Waals surface area contributed by atoms with Crippen molar-refractivity contribution in [3.8, 4) is 11.9 Å². The van der Waals surface area contributed by atoms with E-state index in [4.69, 9.17) is 50.5 Å². The van der Waals surface area contributed by atoms with Gasteiger partial charge >= 0.3 is 11.9 Å². The zero-order chi connectivity index (χ0) is 44.3. The minimum Gasteiger partial charge on any atom is -0.473 e. The van der Waals surface area contributed by atoms with Gasteiger partial charge in [-0.15, -0.1) is 11.6 Å². The molecular weight excluding hydrogens is 843 g/mol. The fourth-order valence-corrected chi connectivity index (χ4v) is 8.95. The number of fused-ring (bicyclic) bond motifs is 3. The number of hydrogen-bond donors (Lipinski definition) is 0. The first kappa shape index (κ1) is 43.1. The van der Waals surface area contributed by atoms with E-state index in [1.54, 1.807) is 36.4 Å². The molecule has 3 aliphatic heterocycles. The first-order chi connectivity index (χ1) is 31.2. The molecule has 15 nitrogen and oxygen atoms in total. The summed E-state index contributed by atoms with van der Waals surface area (Å²) in [6.45, 7) is 5.38. The van der Waals surface area contributed by atoms with Crippen LogP contribution in [0.5, 0.6) is 5.88 Å². The second-order valence-corrected chi connectivity index (χ2v) is 16.5. The van der Waals surface area contributed by atoms with Crippen LogP contribution in [-0.4, -0.2) is 106 Å². The number of methoxy groups -OCH3 is 2. The lowest BCUT2D eigenvalue weighted by atomic mass is 9.81. The summed E-state index contributed by atoms with van der Waals surface area (Å²) in [5.74, 6) is 2.19. The van der Waals surface area contributed by atoms with E-state index in [1.165, 1.54) is 20.3 Å². The Morgan fingerprint density at radius 3 is 1.97 bits per heavy atom. The summed E-state index contributed by atoms with van der Waals surface area (Å²) in [5.41, 5.74) is 5.17. The molecule has 3 aromatic heterocycles. The molecule has 6 aromatic rings. The fraction of sp³-hybridized carbons (Fsp3) is 0.404.